The van der Waals surface area contributed by atoms with Crippen LogP contribution in [0.15, 0.2) is 0 Å². The molecule has 0 aliphatic carbocycles. The Hall–Kier alpha value is 0.300. The zero-order valence-corrected chi connectivity index (χ0v) is 10.3. The van der Waals surface area contributed by atoms with Gasteiger partial charge in [-0.3, -0.25) is 4.55 Å². The van der Waals surface area contributed by atoms with Gasteiger partial charge >= 0.3 is 0 Å². The fraction of sp³-hybridized carbons (Fsp3) is 1.00. The summed E-state index contributed by atoms with van der Waals surface area (Å²) in [6, 6.07) is 0. The molecule has 84 valence electrons. The molecule has 2 atom stereocenters. The zero-order valence-electron chi connectivity index (χ0n) is 8.44. The molecule has 0 amide bonds. The van der Waals surface area contributed by atoms with Crippen LogP contribution in [0.3, 0.4) is 0 Å². The maximum atomic E-state index is 10.5. The monoisotopic (exact) mass is 239 g/mol. The van der Waals surface area contributed by atoms with Crippen LogP contribution in [0.5, 0.6) is 0 Å². The minimum absolute atomic E-state index is 0.0777. The molecular weight excluding hydrogens is 221 g/mol. The lowest BCUT2D eigenvalue weighted by Gasteiger charge is -2.29. The van der Waals surface area contributed by atoms with Crippen LogP contribution >= 0.6 is 8.58 Å². The van der Waals surface area contributed by atoms with Crippen molar-refractivity contribution in [2.24, 2.45) is 0 Å². The molecule has 14 heavy (non-hydrogen) atoms. The smallest absolute Gasteiger partial charge is 0.265 e. The van der Waals surface area contributed by atoms with E-state index in [1.54, 1.807) is 0 Å². The van der Waals surface area contributed by atoms with Crippen LogP contribution in [0.25, 0.3) is 0 Å². The highest BCUT2D eigenvalue weighted by Gasteiger charge is 2.17. The summed E-state index contributed by atoms with van der Waals surface area (Å²) in [5, 5.41) is 0. The largest absolute Gasteiger partial charge is 0.306 e. The number of nitrogens with zero attached hydrogens (tertiary/aromatic N) is 1. The summed E-state index contributed by atoms with van der Waals surface area (Å²) in [6.07, 6.45) is 3.02. The third kappa shape index (κ3) is 5.25. The predicted molar refractivity (Wildman–Crippen MR) is 60.1 cm³/mol. The highest BCUT2D eigenvalue weighted by Crippen LogP contribution is 2.27. The Morgan fingerprint density at radius 2 is 2.29 bits per heavy atom. The molecule has 0 aromatic rings. The van der Waals surface area contributed by atoms with Gasteiger partial charge in [-0.2, -0.15) is 8.42 Å². The highest BCUT2D eigenvalue weighted by molar-refractivity contribution is 7.86. The molecule has 4 nitrogen and oxygen atoms in total. The van der Waals surface area contributed by atoms with Crippen molar-refractivity contribution in [2.75, 3.05) is 32.1 Å². The van der Waals surface area contributed by atoms with Crippen molar-refractivity contribution in [3.05, 3.63) is 0 Å². The number of piperidine rings is 1. The predicted octanol–water partition coefficient (Wildman–Crippen LogP) is 0.647. The molecule has 0 radical (unpaired) electrons. The van der Waals surface area contributed by atoms with Gasteiger partial charge in [-0.25, -0.2) is 0 Å². The molecule has 0 spiro atoms. The molecule has 0 bridgehead atoms. The van der Waals surface area contributed by atoms with E-state index in [-0.39, 0.29) is 5.75 Å². The Morgan fingerprint density at radius 1 is 1.57 bits per heavy atom. The van der Waals surface area contributed by atoms with E-state index >= 15 is 0 Å². The molecule has 1 N–H and O–H groups in total. The molecule has 0 aromatic carbocycles. The van der Waals surface area contributed by atoms with E-state index in [1.807, 2.05) is 0 Å². The van der Waals surface area contributed by atoms with Crippen LogP contribution in [-0.2, 0) is 10.1 Å². The summed E-state index contributed by atoms with van der Waals surface area (Å²) >= 11 is 0. The van der Waals surface area contributed by atoms with E-state index in [9.17, 15) is 8.42 Å². The fourth-order valence-corrected chi connectivity index (χ4v) is 4.49. The van der Waals surface area contributed by atoms with Gasteiger partial charge in [0.2, 0.25) is 0 Å². The topological polar surface area (TPSA) is 57.6 Å². The maximum Gasteiger partial charge on any atom is 0.265 e. The van der Waals surface area contributed by atoms with Gasteiger partial charge < -0.3 is 4.90 Å². The molecule has 1 fully saturated rings. The van der Waals surface area contributed by atoms with Gasteiger partial charge in [0.15, 0.2) is 0 Å². The SMILES string of the molecule is CN1CCCC(PCCS(=O)(=O)O)C1. The Kier molecular flexibility index (Phi) is 4.77. The molecule has 1 aliphatic heterocycles. The minimum Gasteiger partial charge on any atom is -0.306 e. The molecule has 1 heterocycles. The van der Waals surface area contributed by atoms with Crippen molar-refractivity contribution >= 4 is 18.7 Å². The number of hydrogen-bond donors (Lipinski definition) is 1. The quantitative estimate of drug-likeness (QED) is 0.578. The average molecular weight is 239 g/mol. The van der Waals surface area contributed by atoms with E-state index in [2.05, 4.69) is 11.9 Å². The Labute approximate surface area is 87.6 Å². The number of likely N-dealkylation sites (tertiary alicyclic amines) is 1. The van der Waals surface area contributed by atoms with Crippen LogP contribution in [0.1, 0.15) is 12.8 Å². The van der Waals surface area contributed by atoms with Crippen molar-refractivity contribution in [3.63, 3.8) is 0 Å². The third-order valence-corrected chi connectivity index (χ3v) is 5.09. The molecule has 2 unspecified atom stereocenters. The van der Waals surface area contributed by atoms with Gasteiger partial charge in [-0.05, 0) is 38.3 Å². The van der Waals surface area contributed by atoms with Crippen molar-refractivity contribution in [1.29, 1.82) is 0 Å². The van der Waals surface area contributed by atoms with Gasteiger partial charge in [0.05, 0.1) is 5.75 Å². The lowest BCUT2D eigenvalue weighted by molar-refractivity contribution is 0.282. The average Bonchev–Trinajstić information content (AvgIpc) is 2.01. The van der Waals surface area contributed by atoms with Crippen LogP contribution in [0, 0.1) is 0 Å². The first-order valence-corrected chi connectivity index (χ1v) is 7.74. The second kappa shape index (κ2) is 5.40. The molecule has 1 aliphatic rings. The summed E-state index contributed by atoms with van der Waals surface area (Å²) in [7, 11) is -0.988. The maximum absolute atomic E-state index is 10.5. The summed E-state index contributed by atoms with van der Waals surface area (Å²) in [5.41, 5.74) is 0.635. The van der Waals surface area contributed by atoms with Gasteiger partial charge in [0.25, 0.3) is 10.1 Å². The summed E-state index contributed by atoms with van der Waals surface area (Å²) in [6.45, 7) is 2.23. The van der Waals surface area contributed by atoms with E-state index in [0.29, 0.717) is 20.4 Å². The van der Waals surface area contributed by atoms with Crippen molar-refractivity contribution in [2.45, 2.75) is 18.5 Å². The number of hydrogen-bond acceptors (Lipinski definition) is 3. The molecule has 6 heteroatoms. The van der Waals surface area contributed by atoms with E-state index < -0.39 is 10.1 Å². The standard InChI is InChI=1S/C8H18NO3PS/c1-9-4-2-3-8(7-9)13-5-6-14(10,11)12/h8,13H,2-7H2,1H3,(H,10,11,12). The fourth-order valence-electron chi connectivity index (χ4n) is 1.73. The summed E-state index contributed by atoms with van der Waals surface area (Å²) in [5.74, 6) is -0.0777. The number of rotatable bonds is 4. The van der Waals surface area contributed by atoms with E-state index in [1.165, 1.54) is 12.8 Å². The molecule has 1 rings (SSSR count). The molecule has 0 saturated carbocycles. The zero-order chi connectivity index (χ0) is 10.6. The normalized spacial score (nSPS) is 26.0. The van der Waals surface area contributed by atoms with Gasteiger partial charge in [-0.15, -0.1) is 8.58 Å². The first-order valence-electron chi connectivity index (χ1n) is 4.84. The second-order valence-corrected chi connectivity index (χ2v) is 7.14. The minimum atomic E-state index is -3.75. The first-order chi connectivity index (χ1) is 6.47. The van der Waals surface area contributed by atoms with Crippen molar-refractivity contribution < 1.29 is 13.0 Å². The van der Waals surface area contributed by atoms with Crippen LogP contribution in [-0.4, -0.2) is 55.6 Å². The van der Waals surface area contributed by atoms with E-state index in [0.717, 1.165) is 13.1 Å². The van der Waals surface area contributed by atoms with Gasteiger partial charge in [0.1, 0.15) is 0 Å². The lowest BCUT2D eigenvalue weighted by atomic mass is 10.1. The molecule has 1 saturated heterocycles. The van der Waals surface area contributed by atoms with Crippen molar-refractivity contribution in [3.8, 4) is 0 Å². The summed E-state index contributed by atoms with van der Waals surface area (Å²) in [4.78, 5) is 2.29. The molecule has 0 aromatic heterocycles. The summed E-state index contributed by atoms with van der Waals surface area (Å²) < 4.78 is 29.5. The Balaban J connectivity index is 2.18. The Morgan fingerprint density at radius 3 is 2.86 bits per heavy atom. The molecular formula is C8H18NO3PS. The first kappa shape index (κ1) is 12.4. The van der Waals surface area contributed by atoms with Crippen LogP contribution in [0.2, 0.25) is 0 Å². The van der Waals surface area contributed by atoms with Crippen LogP contribution in [0.4, 0.5) is 0 Å². The Bertz CT molecular complexity index is 268. The van der Waals surface area contributed by atoms with E-state index in [4.69, 9.17) is 4.55 Å². The highest BCUT2D eigenvalue weighted by atomic mass is 32.2. The van der Waals surface area contributed by atoms with Gasteiger partial charge in [-0.1, -0.05) is 0 Å². The second-order valence-electron chi connectivity index (χ2n) is 3.84. The third-order valence-electron chi connectivity index (χ3n) is 2.42. The van der Waals surface area contributed by atoms with Gasteiger partial charge in [0, 0.05) is 6.54 Å². The van der Waals surface area contributed by atoms with Crippen molar-refractivity contribution in [1.82, 2.24) is 4.90 Å². The lowest BCUT2D eigenvalue weighted by Crippen LogP contribution is -2.33. The van der Waals surface area contributed by atoms with Crippen LogP contribution < -0.4 is 0 Å².